The van der Waals surface area contributed by atoms with Gasteiger partial charge in [-0.2, -0.15) is 4.99 Å². The lowest BCUT2D eigenvalue weighted by molar-refractivity contribution is 0.100. The molecule has 0 saturated heterocycles. The van der Waals surface area contributed by atoms with Crippen molar-refractivity contribution in [1.82, 2.24) is 0 Å². The minimum Gasteiger partial charge on any atom is -0.370 e. The van der Waals surface area contributed by atoms with Crippen molar-refractivity contribution in [3.8, 4) is 0 Å². The highest BCUT2D eigenvalue weighted by molar-refractivity contribution is 6.31. The van der Waals surface area contributed by atoms with E-state index in [4.69, 9.17) is 29.6 Å². The molecule has 2 aromatic carbocycles. The molecule has 0 spiro atoms. The number of aryl methyl sites for hydroxylation is 1. The van der Waals surface area contributed by atoms with Crippen molar-refractivity contribution in [2.45, 2.75) is 12.8 Å². The average Bonchev–Trinajstić information content (AvgIpc) is 2.60. The minimum absolute atomic E-state index is 0.272. The fourth-order valence-electron chi connectivity index (χ4n) is 2.92. The third-order valence-electron chi connectivity index (χ3n) is 4.01. The smallest absolute Gasteiger partial charge is 0.280 e. The molecular formula is C19H15ClN4O. The van der Waals surface area contributed by atoms with Crippen LogP contribution in [0.1, 0.15) is 33.5 Å². The Kier molecular flexibility index (Phi) is 4.55. The Morgan fingerprint density at radius 3 is 2.68 bits per heavy atom. The van der Waals surface area contributed by atoms with Crippen LogP contribution in [0.15, 0.2) is 47.5 Å². The molecule has 0 aromatic heterocycles. The van der Waals surface area contributed by atoms with Gasteiger partial charge in [0.1, 0.15) is 0 Å². The highest BCUT2D eigenvalue weighted by atomic mass is 35.5. The first-order valence-electron chi connectivity index (χ1n) is 7.64. The Bertz CT molecular complexity index is 966. The first-order chi connectivity index (χ1) is 12.0. The maximum absolute atomic E-state index is 12.1. The molecule has 2 aromatic rings. The summed E-state index contributed by atoms with van der Waals surface area (Å²) in [6, 6.07) is 10.6. The molecule has 0 fully saturated rings. The van der Waals surface area contributed by atoms with Crippen LogP contribution in [0.5, 0.6) is 0 Å². The molecular weight excluding hydrogens is 336 g/mol. The van der Waals surface area contributed by atoms with Crippen LogP contribution in [0.3, 0.4) is 0 Å². The van der Waals surface area contributed by atoms with Crippen LogP contribution in [0.4, 0.5) is 5.69 Å². The van der Waals surface area contributed by atoms with E-state index in [1.165, 1.54) is 0 Å². The molecule has 0 radical (unpaired) electrons. The van der Waals surface area contributed by atoms with E-state index in [0.717, 1.165) is 35.1 Å². The number of benzene rings is 2. The van der Waals surface area contributed by atoms with E-state index in [1.807, 2.05) is 12.1 Å². The predicted octanol–water partition coefficient (Wildman–Crippen LogP) is 3.68. The van der Waals surface area contributed by atoms with Gasteiger partial charge in [0.2, 0.25) is 0 Å². The highest BCUT2D eigenvalue weighted by Crippen LogP contribution is 2.38. The van der Waals surface area contributed by atoms with Gasteiger partial charge in [-0.25, -0.2) is 4.85 Å². The maximum Gasteiger partial charge on any atom is 0.280 e. The molecule has 6 heteroatoms. The normalized spacial score (nSPS) is 12.6. The molecule has 5 nitrogen and oxygen atoms in total. The van der Waals surface area contributed by atoms with Gasteiger partial charge in [-0.1, -0.05) is 29.8 Å². The van der Waals surface area contributed by atoms with E-state index in [1.54, 1.807) is 24.3 Å². The van der Waals surface area contributed by atoms with Crippen LogP contribution >= 0.6 is 11.6 Å². The van der Waals surface area contributed by atoms with Crippen molar-refractivity contribution in [3.05, 3.63) is 81.2 Å². The standard InChI is InChI=1S/C19H15ClN4O/c1-23-17-10-13(20)7-8-15(17)14-4-2-3-11-5-6-12(9-16(11)14)18(25)24-19(21)22/h4-10H,2-3H2,(H4,21,22,24,25). The molecule has 1 aliphatic rings. The van der Waals surface area contributed by atoms with E-state index >= 15 is 0 Å². The number of fused-ring (bicyclic) bond motifs is 1. The molecule has 0 atom stereocenters. The van der Waals surface area contributed by atoms with Gasteiger partial charge in [0.25, 0.3) is 5.91 Å². The van der Waals surface area contributed by atoms with Crippen molar-refractivity contribution in [2.75, 3.05) is 0 Å². The molecule has 25 heavy (non-hydrogen) atoms. The Morgan fingerprint density at radius 2 is 1.96 bits per heavy atom. The number of rotatable bonds is 2. The van der Waals surface area contributed by atoms with Crippen molar-refractivity contribution < 1.29 is 4.79 Å². The number of aliphatic imine (C=N–C) groups is 1. The lowest BCUT2D eigenvalue weighted by Gasteiger charge is -2.20. The molecule has 1 aliphatic carbocycles. The number of guanidine groups is 1. The maximum atomic E-state index is 12.1. The summed E-state index contributed by atoms with van der Waals surface area (Å²) in [4.78, 5) is 19.3. The summed E-state index contributed by atoms with van der Waals surface area (Å²) in [6.45, 7) is 7.41. The third-order valence-corrected chi connectivity index (χ3v) is 4.25. The largest absolute Gasteiger partial charge is 0.370 e. The van der Waals surface area contributed by atoms with E-state index in [-0.39, 0.29) is 5.96 Å². The van der Waals surface area contributed by atoms with Crippen molar-refractivity contribution >= 4 is 34.7 Å². The number of halogens is 1. The van der Waals surface area contributed by atoms with E-state index < -0.39 is 5.91 Å². The fraction of sp³-hybridized carbons (Fsp3) is 0.105. The van der Waals surface area contributed by atoms with Crippen LogP contribution < -0.4 is 11.5 Å². The van der Waals surface area contributed by atoms with Gasteiger partial charge in [0.15, 0.2) is 11.6 Å². The van der Waals surface area contributed by atoms with Gasteiger partial charge >= 0.3 is 0 Å². The third kappa shape index (κ3) is 3.39. The molecule has 4 N–H and O–H groups in total. The molecule has 0 unspecified atom stereocenters. The lowest BCUT2D eigenvalue weighted by Crippen LogP contribution is -2.24. The van der Waals surface area contributed by atoms with Gasteiger partial charge in [0.05, 0.1) is 6.57 Å². The zero-order valence-electron chi connectivity index (χ0n) is 13.3. The van der Waals surface area contributed by atoms with Gasteiger partial charge in [0, 0.05) is 10.6 Å². The topological polar surface area (TPSA) is 85.8 Å². The first-order valence-corrected chi connectivity index (χ1v) is 8.02. The van der Waals surface area contributed by atoms with Crippen LogP contribution in [-0.4, -0.2) is 11.9 Å². The first kappa shape index (κ1) is 16.7. The SMILES string of the molecule is [C-]#[N+]c1cc(Cl)ccc1C1=CCCc2ccc(C(=O)N=C(N)N)cc21. The second-order valence-corrected chi connectivity index (χ2v) is 6.08. The summed E-state index contributed by atoms with van der Waals surface area (Å²) in [7, 11) is 0. The zero-order valence-corrected chi connectivity index (χ0v) is 14.0. The number of nitrogens with two attached hydrogens (primary N) is 2. The second-order valence-electron chi connectivity index (χ2n) is 5.64. The number of amides is 1. The van der Waals surface area contributed by atoms with E-state index in [2.05, 4.69) is 15.9 Å². The Balaban J connectivity index is 2.12. The summed E-state index contributed by atoms with van der Waals surface area (Å²) in [5.41, 5.74) is 15.2. The van der Waals surface area contributed by atoms with Gasteiger partial charge in [-0.05, 0) is 59.4 Å². The van der Waals surface area contributed by atoms with E-state index in [9.17, 15) is 4.79 Å². The highest BCUT2D eigenvalue weighted by Gasteiger charge is 2.19. The molecule has 0 heterocycles. The fourth-order valence-corrected chi connectivity index (χ4v) is 3.09. The summed E-state index contributed by atoms with van der Waals surface area (Å²) in [5.74, 6) is -0.763. The predicted molar refractivity (Wildman–Crippen MR) is 99.7 cm³/mol. The van der Waals surface area contributed by atoms with Gasteiger partial charge < -0.3 is 11.5 Å². The zero-order chi connectivity index (χ0) is 18.0. The molecule has 0 bridgehead atoms. The lowest BCUT2D eigenvalue weighted by atomic mass is 9.85. The summed E-state index contributed by atoms with van der Waals surface area (Å²) in [6.07, 6.45) is 3.81. The van der Waals surface area contributed by atoms with Crippen molar-refractivity contribution in [1.29, 1.82) is 0 Å². The Labute approximate surface area is 150 Å². The number of carbonyl (C=O) groups excluding carboxylic acids is 1. The molecule has 1 amide bonds. The van der Waals surface area contributed by atoms with E-state index in [0.29, 0.717) is 16.3 Å². The molecule has 0 saturated carbocycles. The summed E-state index contributed by atoms with van der Waals surface area (Å²) in [5, 5.41) is 0.517. The quantitative estimate of drug-likeness (QED) is 0.492. The van der Waals surface area contributed by atoms with Crippen LogP contribution in [-0.2, 0) is 6.42 Å². The van der Waals surface area contributed by atoms with Crippen molar-refractivity contribution in [2.24, 2.45) is 16.5 Å². The minimum atomic E-state index is -0.491. The van der Waals surface area contributed by atoms with Crippen LogP contribution in [0.2, 0.25) is 5.02 Å². The number of nitrogens with zero attached hydrogens (tertiary/aromatic N) is 2. The van der Waals surface area contributed by atoms with Gasteiger partial charge in [-0.15, -0.1) is 0 Å². The number of hydrogen-bond acceptors (Lipinski definition) is 1. The average molecular weight is 351 g/mol. The van der Waals surface area contributed by atoms with Gasteiger partial charge in [-0.3, -0.25) is 4.79 Å². The second kappa shape index (κ2) is 6.80. The monoisotopic (exact) mass is 350 g/mol. The van der Waals surface area contributed by atoms with Crippen LogP contribution in [0.25, 0.3) is 10.4 Å². The Morgan fingerprint density at radius 1 is 1.16 bits per heavy atom. The van der Waals surface area contributed by atoms with Crippen molar-refractivity contribution in [3.63, 3.8) is 0 Å². The summed E-state index contributed by atoms with van der Waals surface area (Å²) >= 11 is 6.00. The Hall–Kier alpha value is -3.10. The molecule has 124 valence electrons. The molecule has 0 aliphatic heterocycles. The van der Waals surface area contributed by atoms with Crippen LogP contribution in [0, 0.1) is 6.57 Å². The number of hydrogen-bond donors (Lipinski definition) is 2. The molecule has 3 rings (SSSR count). The number of allylic oxidation sites excluding steroid dienone is 1. The number of carbonyl (C=O) groups is 1. The summed E-state index contributed by atoms with van der Waals surface area (Å²) < 4.78 is 0.